The lowest BCUT2D eigenvalue weighted by Gasteiger charge is -2.02. The molecule has 2 aromatic rings. The van der Waals surface area contributed by atoms with E-state index in [0.29, 0.717) is 11.3 Å². The molecule has 15 heavy (non-hydrogen) atoms. The number of aromatic hydroxyl groups is 1. The Morgan fingerprint density at radius 1 is 1.33 bits per heavy atom. The van der Waals surface area contributed by atoms with Crippen LogP contribution in [-0.4, -0.2) is 14.9 Å². The summed E-state index contributed by atoms with van der Waals surface area (Å²) in [4.78, 5) is 0. The third kappa shape index (κ3) is 1.69. The molecule has 0 amide bonds. The van der Waals surface area contributed by atoms with Crippen LogP contribution in [0.5, 0.6) is 5.75 Å². The minimum absolute atomic E-state index is 0.115. The second-order valence-corrected chi connectivity index (χ2v) is 3.09. The van der Waals surface area contributed by atoms with Crippen LogP contribution in [0.25, 0.3) is 5.69 Å². The SMILES string of the molecule is NCc1cnn(-c2ccc(O)cc2)c1F. The zero-order chi connectivity index (χ0) is 10.8. The van der Waals surface area contributed by atoms with Crippen molar-refractivity contribution in [2.24, 2.45) is 5.73 Å². The monoisotopic (exact) mass is 207 g/mol. The molecule has 0 spiro atoms. The Labute approximate surface area is 85.8 Å². The van der Waals surface area contributed by atoms with Gasteiger partial charge in [0.1, 0.15) is 5.75 Å². The van der Waals surface area contributed by atoms with Gasteiger partial charge in [0.25, 0.3) is 0 Å². The van der Waals surface area contributed by atoms with Gasteiger partial charge >= 0.3 is 0 Å². The summed E-state index contributed by atoms with van der Waals surface area (Å²) < 4.78 is 14.7. The molecule has 0 aliphatic carbocycles. The Balaban J connectivity index is 2.45. The predicted octanol–water partition coefficient (Wildman–Crippen LogP) is 1.18. The average molecular weight is 207 g/mol. The molecule has 0 unspecified atom stereocenters. The van der Waals surface area contributed by atoms with Gasteiger partial charge in [0.05, 0.1) is 11.9 Å². The van der Waals surface area contributed by atoms with Crippen LogP contribution in [0.2, 0.25) is 0 Å². The van der Waals surface area contributed by atoms with E-state index in [1.165, 1.54) is 18.3 Å². The van der Waals surface area contributed by atoms with Gasteiger partial charge in [0, 0.05) is 12.1 Å². The Bertz CT molecular complexity index is 464. The second kappa shape index (κ2) is 3.70. The molecule has 0 bridgehead atoms. The van der Waals surface area contributed by atoms with Crippen molar-refractivity contribution in [3.8, 4) is 11.4 Å². The number of aromatic nitrogens is 2. The summed E-state index contributed by atoms with van der Waals surface area (Å²) >= 11 is 0. The molecular weight excluding hydrogens is 197 g/mol. The number of phenolic OH excluding ortho intramolecular Hbond substituents is 1. The number of halogens is 1. The molecule has 0 aliphatic heterocycles. The zero-order valence-corrected chi connectivity index (χ0v) is 7.89. The largest absolute Gasteiger partial charge is 0.508 e. The first kappa shape index (κ1) is 9.67. The molecule has 0 saturated carbocycles. The number of phenols is 1. The summed E-state index contributed by atoms with van der Waals surface area (Å²) in [5, 5.41) is 12.9. The summed E-state index contributed by atoms with van der Waals surface area (Å²) in [5.41, 5.74) is 6.24. The third-order valence-electron chi connectivity index (χ3n) is 2.09. The maximum absolute atomic E-state index is 13.6. The fourth-order valence-electron chi connectivity index (χ4n) is 1.28. The lowest BCUT2D eigenvalue weighted by atomic mass is 10.3. The first-order valence-corrected chi connectivity index (χ1v) is 4.44. The van der Waals surface area contributed by atoms with Gasteiger partial charge in [-0.2, -0.15) is 9.49 Å². The smallest absolute Gasteiger partial charge is 0.220 e. The molecule has 1 heterocycles. The van der Waals surface area contributed by atoms with Gasteiger partial charge in [-0.1, -0.05) is 0 Å². The van der Waals surface area contributed by atoms with Crippen LogP contribution in [0.1, 0.15) is 5.56 Å². The predicted molar refractivity (Wildman–Crippen MR) is 53.1 cm³/mol. The highest BCUT2D eigenvalue weighted by molar-refractivity contribution is 5.36. The van der Waals surface area contributed by atoms with Crippen LogP contribution in [0.4, 0.5) is 4.39 Å². The van der Waals surface area contributed by atoms with E-state index >= 15 is 0 Å². The summed E-state index contributed by atoms with van der Waals surface area (Å²) in [6.45, 7) is 0.115. The minimum Gasteiger partial charge on any atom is -0.508 e. The molecule has 0 aliphatic rings. The summed E-state index contributed by atoms with van der Waals surface area (Å²) in [6, 6.07) is 6.09. The molecule has 78 valence electrons. The molecule has 2 rings (SSSR count). The van der Waals surface area contributed by atoms with Crippen LogP contribution < -0.4 is 5.73 Å². The number of hydrogen-bond donors (Lipinski definition) is 2. The van der Waals surface area contributed by atoms with Gasteiger partial charge in [-0.25, -0.2) is 4.68 Å². The molecular formula is C10H10FN3O. The van der Waals surface area contributed by atoms with Crippen LogP contribution in [0, 0.1) is 5.95 Å². The molecule has 3 N–H and O–H groups in total. The van der Waals surface area contributed by atoms with Crippen LogP contribution in [0.3, 0.4) is 0 Å². The Morgan fingerprint density at radius 3 is 2.53 bits per heavy atom. The van der Waals surface area contributed by atoms with Gasteiger partial charge in [-0.3, -0.25) is 0 Å². The quantitative estimate of drug-likeness (QED) is 0.777. The van der Waals surface area contributed by atoms with Gasteiger partial charge in [-0.05, 0) is 24.3 Å². The number of rotatable bonds is 2. The normalized spacial score (nSPS) is 10.5. The van der Waals surface area contributed by atoms with Crippen LogP contribution in [-0.2, 0) is 6.54 Å². The highest BCUT2D eigenvalue weighted by Gasteiger charge is 2.09. The fraction of sp³-hybridized carbons (Fsp3) is 0.100. The van der Waals surface area contributed by atoms with Crippen molar-refractivity contribution in [1.82, 2.24) is 9.78 Å². The van der Waals surface area contributed by atoms with Gasteiger partial charge < -0.3 is 10.8 Å². The Morgan fingerprint density at radius 2 is 2.00 bits per heavy atom. The maximum Gasteiger partial charge on any atom is 0.220 e. The number of nitrogens with zero attached hydrogens (tertiary/aromatic N) is 2. The van der Waals surface area contributed by atoms with E-state index < -0.39 is 5.95 Å². The molecule has 0 radical (unpaired) electrons. The highest BCUT2D eigenvalue weighted by Crippen LogP contribution is 2.16. The van der Waals surface area contributed by atoms with Crippen molar-refractivity contribution in [3.05, 3.63) is 42.0 Å². The van der Waals surface area contributed by atoms with E-state index in [-0.39, 0.29) is 12.3 Å². The van der Waals surface area contributed by atoms with Gasteiger partial charge in [-0.15, -0.1) is 0 Å². The Hall–Kier alpha value is -1.88. The molecule has 0 fully saturated rings. The molecule has 0 atom stereocenters. The third-order valence-corrected chi connectivity index (χ3v) is 2.09. The van der Waals surface area contributed by atoms with Crippen molar-refractivity contribution >= 4 is 0 Å². The summed E-state index contributed by atoms with van der Waals surface area (Å²) in [6.07, 6.45) is 1.39. The summed E-state index contributed by atoms with van der Waals surface area (Å²) in [7, 11) is 0. The number of hydrogen-bond acceptors (Lipinski definition) is 3. The van der Waals surface area contributed by atoms with Crippen LogP contribution >= 0.6 is 0 Å². The standard InChI is InChI=1S/C10H10FN3O/c11-10-7(5-12)6-13-14(10)8-1-3-9(15)4-2-8/h1-4,6,15H,5,12H2. The number of nitrogens with two attached hydrogens (primary N) is 1. The zero-order valence-electron chi connectivity index (χ0n) is 7.89. The average Bonchev–Trinajstić information content (AvgIpc) is 2.61. The van der Waals surface area contributed by atoms with Crippen molar-refractivity contribution < 1.29 is 9.50 Å². The molecule has 1 aromatic heterocycles. The summed E-state index contributed by atoms with van der Waals surface area (Å²) in [5.74, 6) is -0.339. The Kier molecular flexibility index (Phi) is 2.39. The lowest BCUT2D eigenvalue weighted by Crippen LogP contribution is -2.02. The first-order chi connectivity index (χ1) is 7.22. The molecule has 4 nitrogen and oxygen atoms in total. The maximum atomic E-state index is 13.6. The molecule has 5 heteroatoms. The fourth-order valence-corrected chi connectivity index (χ4v) is 1.28. The molecule has 1 aromatic carbocycles. The highest BCUT2D eigenvalue weighted by atomic mass is 19.1. The van der Waals surface area contributed by atoms with Crippen molar-refractivity contribution in [2.75, 3.05) is 0 Å². The lowest BCUT2D eigenvalue weighted by molar-refractivity contribution is 0.474. The van der Waals surface area contributed by atoms with Crippen molar-refractivity contribution in [2.45, 2.75) is 6.54 Å². The van der Waals surface area contributed by atoms with Gasteiger partial charge in [0.15, 0.2) is 0 Å². The van der Waals surface area contributed by atoms with E-state index in [1.807, 2.05) is 0 Å². The van der Waals surface area contributed by atoms with Crippen LogP contribution in [0.15, 0.2) is 30.5 Å². The minimum atomic E-state index is -0.469. The van der Waals surface area contributed by atoms with Gasteiger partial charge in [0.2, 0.25) is 5.95 Å². The van der Waals surface area contributed by atoms with Crippen molar-refractivity contribution in [1.29, 1.82) is 0 Å². The topological polar surface area (TPSA) is 64.1 Å². The van der Waals surface area contributed by atoms with E-state index in [1.54, 1.807) is 12.1 Å². The van der Waals surface area contributed by atoms with Crippen molar-refractivity contribution in [3.63, 3.8) is 0 Å². The van der Waals surface area contributed by atoms with E-state index in [2.05, 4.69) is 5.10 Å². The number of benzene rings is 1. The van der Waals surface area contributed by atoms with E-state index in [4.69, 9.17) is 10.8 Å². The van der Waals surface area contributed by atoms with E-state index in [9.17, 15) is 4.39 Å². The van der Waals surface area contributed by atoms with E-state index in [0.717, 1.165) is 4.68 Å². The second-order valence-electron chi connectivity index (χ2n) is 3.09. The molecule has 0 saturated heterocycles. The first-order valence-electron chi connectivity index (χ1n) is 4.44.